The van der Waals surface area contributed by atoms with E-state index in [1.165, 1.54) is 7.11 Å². The molecule has 3 aromatic rings. The lowest BCUT2D eigenvalue weighted by molar-refractivity contribution is -0.131. The molecule has 0 saturated carbocycles. The van der Waals surface area contributed by atoms with Crippen molar-refractivity contribution in [3.8, 4) is 0 Å². The van der Waals surface area contributed by atoms with Crippen LogP contribution in [0.2, 0.25) is 0 Å². The largest absolute Gasteiger partial charge is 0.465 e. The van der Waals surface area contributed by atoms with Crippen molar-refractivity contribution in [1.82, 2.24) is 15.2 Å². The molecule has 3 amide bonds. The van der Waals surface area contributed by atoms with Crippen molar-refractivity contribution in [3.63, 3.8) is 0 Å². The monoisotopic (exact) mass is 417 g/mol. The molecule has 1 saturated heterocycles. The highest BCUT2D eigenvalue weighted by atomic mass is 16.5. The summed E-state index contributed by atoms with van der Waals surface area (Å²) in [6.45, 7) is 5.30. The zero-order chi connectivity index (χ0) is 22.3. The smallest absolute Gasteiger partial charge is 0.340 e. The Labute approximate surface area is 180 Å². The normalized spacial score (nSPS) is 18.4. The third kappa shape index (κ3) is 3.32. The number of methoxy groups -OCH3 is 1. The van der Waals surface area contributed by atoms with Crippen molar-refractivity contribution in [1.29, 1.82) is 0 Å². The third-order valence-corrected chi connectivity index (χ3v) is 5.83. The number of urea groups is 1. The van der Waals surface area contributed by atoms with E-state index in [4.69, 9.17) is 4.74 Å². The minimum atomic E-state index is -1.19. The highest BCUT2D eigenvalue weighted by molar-refractivity contribution is 6.07. The lowest BCUT2D eigenvalue weighted by atomic mass is 9.91. The van der Waals surface area contributed by atoms with Gasteiger partial charge in [0.2, 0.25) is 0 Å². The summed E-state index contributed by atoms with van der Waals surface area (Å²) in [6.07, 6.45) is 0. The van der Waals surface area contributed by atoms with Crippen LogP contribution in [0.1, 0.15) is 39.7 Å². The number of rotatable bonds is 4. The van der Waals surface area contributed by atoms with Crippen LogP contribution >= 0.6 is 0 Å². The van der Waals surface area contributed by atoms with Crippen LogP contribution in [0.25, 0.3) is 10.9 Å². The van der Waals surface area contributed by atoms with Gasteiger partial charge < -0.3 is 10.1 Å². The molecule has 1 aromatic heterocycles. The number of esters is 1. The fourth-order valence-electron chi connectivity index (χ4n) is 4.00. The molecule has 0 radical (unpaired) electrons. The Morgan fingerprint density at radius 1 is 1.10 bits per heavy atom. The van der Waals surface area contributed by atoms with Gasteiger partial charge in [-0.15, -0.1) is 0 Å². The van der Waals surface area contributed by atoms with Crippen molar-refractivity contribution >= 4 is 28.8 Å². The predicted molar refractivity (Wildman–Crippen MR) is 115 cm³/mol. The number of hydrogen-bond donors (Lipinski definition) is 1. The standard InChI is InChI=1S/C24H23N3O4/c1-14-9-11-16(12-10-14)24(3)22(29)27(23(30)26-24)13-19-20(21(28)31-4)15(2)17-7-5-6-8-18(17)25-19/h5-12H,13H2,1-4H3,(H,26,30)/t24-/m0/s1. The molecular weight excluding hydrogens is 394 g/mol. The summed E-state index contributed by atoms with van der Waals surface area (Å²) in [4.78, 5) is 44.4. The predicted octanol–water partition coefficient (Wildman–Crippen LogP) is 3.61. The van der Waals surface area contributed by atoms with Gasteiger partial charge >= 0.3 is 12.0 Å². The molecule has 0 aliphatic carbocycles. The van der Waals surface area contributed by atoms with Crippen molar-refractivity contribution in [2.24, 2.45) is 0 Å². The molecule has 1 aliphatic rings. The van der Waals surface area contributed by atoms with Gasteiger partial charge in [-0.2, -0.15) is 0 Å². The number of fused-ring (bicyclic) bond motifs is 1. The molecule has 1 fully saturated rings. The first-order valence-electron chi connectivity index (χ1n) is 9.94. The van der Waals surface area contributed by atoms with Gasteiger partial charge in [0, 0.05) is 5.39 Å². The highest BCUT2D eigenvalue weighted by Crippen LogP contribution is 2.31. The second kappa shape index (κ2) is 7.50. The number of ether oxygens (including phenoxy) is 1. The van der Waals surface area contributed by atoms with Gasteiger partial charge in [0.1, 0.15) is 5.54 Å². The van der Waals surface area contributed by atoms with Crippen molar-refractivity contribution in [2.75, 3.05) is 7.11 Å². The molecule has 4 rings (SSSR count). The van der Waals surface area contributed by atoms with E-state index < -0.39 is 23.4 Å². The van der Waals surface area contributed by atoms with Gasteiger partial charge in [-0.25, -0.2) is 14.6 Å². The molecule has 158 valence electrons. The molecule has 0 bridgehead atoms. The molecule has 31 heavy (non-hydrogen) atoms. The van der Waals surface area contributed by atoms with Crippen LogP contribution in [-0.4, -0.2) is 34.9 Å². The van der Waals surface area contributed by atoms with E-state index in [2.05, 4.69) is 10.3 Å². The Bertz CT molecular complexity index is 1220. The van der Waals surface area contributed by atoms with Crippen LogP contribution in [0, 0.1) is 13.8 Å². The van der Waals surface area contributed by atoms with E-state index in [9.17, 15) is 14.4 Å². The molecule has 0 spiro atoms. The lowest BCUT2D eigenvalue weighted by Gasteiger charge is -2.22. The van der Waals surface area contributed by atoms with E-state index in [1.54, 1.807) is 6.92 Å². The zero-order valence-electron chi connectivity index (χ0n) is 17.9. The minimum absolute atomic E-state index is 0.137. The number of pyridine rings is 1. The van der Waals surface area contributed by atoms with Crippen LogP contribution in [-0.2, 0) is 21.6 Å². The number of amides is 3. The lowest BCUT2D eigenvalue weighted by Crippen LogP contribution is -2.40. The number of carbonyl (C=O) groups is 3. The fraction of sp³-hybridized carbons (Fsp3) is 0.250. The average Bonchev–Trinajstić information content (AvgIpc) is 2.98. The van der Waals surface area contributed by atoms with Gasteiger partial charge in [0.05, 0.1) is 30.4 Å². The quantitative estimate of drug-likeness (QED) is 0.518. The van der Waals surface area contributed by atoms with Crippen molar-refractivity contribution in [2.45, 2.75) is 32.9 Å². The van der Waals surface area contributed by atoms with Crippen molar-refractivity contribution < 1.29 is 19.1 Å². The van der Waals surface area contributed by atoms with E-state index in [-0.39, 0.29) is 12.1 Å². The molecule has 0 unspecified atom stereocenters. The van der Waals surface area contributed by atoms with Crippen LogP contribution < -0.4 is 5.32 Å². The number of hydrogen-bond acceptors (Lipinski definition) is 5. The second-order valence-electron chi connectivity index (χ2n) is 7.88. The van der Waals surface area contributed by atoms with E-state index in [0.29, 0.717) is 22.3 Å². The first-order chi connectivity index (χ1) is 14.8. The van der Waals surface area contributed by atoms with E-state index in [1.807, 2.05) is 62.4 Å². The van der Waals surface area contributed by atoms with Gasteiger partial charge in [-0.1, -0.05) is 48.0 Å². The summed E-state index contributed by atoms with van der Waals surface area (Å²) in [5, 5.41) is 3.61. The fourth-order valence-corrected chi connectivity index (χ4v) is 4.00. The number of aryl methyl sites for hydroxylation is 2. The Kier molecular flexibility index (Phi) is 4.97. The summed E-state index contributed by atoms with van der Waals surface area (Å²) < 4.78 is 4.96. The molecule has 1 N–H and O–H groups in total. The van der Waals surface area contributed by atoms with Gasteiger partial charge in [-0.05, 0) is 38.0 Å². The molecule has 2 heterocycles. The average molecular weight is 417 g/mol. The SMILES string of the molecule is COC(=O)c1c(CN2C(=O)N[C@@](C)(c3ccc(C)cc3)C2=O)nc2ccccc2c1C. The summed E-state index contributed by atoms with van der Waals surface area (Å²) in [6, 6.07) is 14.3. The Morgan fingerprint density at radius 2 is 1.77 bits per heavy atom. The first-order valence-corrected chi connectivity index (χ1v) is 9.94. The zero-order valence-corrected chi connectivity index (χ0v) is 17.9. The summed E-state index contributed by atoms with van der Waals surface area (Å²) in [7, 11) is 1.29. The Hall–Kier alpha value is -3.74. The van der Waals surface area contributed by atoms with Crippen LogP contribution in [0.15, 0.2) is 48.5 Å². The van der Waals surface area contributed by atoms with Crippen LogP contribution in [0.5, 0.6) is 0 Å². The number of benzene rings is 2. The number of para-hydroxylation sites is 1. The van der Waals surface area contributed by atoms with Crippen LogP contribution in [0.4, 0.5) is 4.79 Å². The van der Waals surface area contributed by atoms with Gasteiger partial charge in [-0.3, -0.25) is 9.69 Å². The Morgan fingerprint density at radius 3 is 2.45 bits per heavy atom. The van der Waals surface area contributed by atoms with Crippen molar-refractivity contribution in [3.05, 3.63) is 76.5 Å². The summed E-state index contributed by atoms with van der Waals surface area (Å²) in [5.41, 5.74) is 2.51. The maximum absolute atomic E-state index is 13.3. The maximum atomic E-state index is 13.3. The minimum Gasteiger partial charge on any atom is -0.465 e. The van der Waals surface area contributed by atoms with E-state index >= 15 is 0 Å². The van der Waals surface area contributed by atoms with E-state index in [0.717, 1.165) is 15.8 Å². The Balaban J connectivity index is 1.77. The topological polar surface area (TPSA) is 88.6 Å². The summed E-state index contributed by atoms with van der Waals surface area (Å²) >= 11 is 0. The molecule has 1 atom stereocenters. The molecule has 2 aromatic carbocycles. The number of imide groups is 1. The number of nitrogens with zero attached hydrogens (tertiary/aromatic N) is 2. The highest BCUT2D eigenvalue weighted by Gasteiger charge is 2.49. The number of aromatic nitrogens is 1. The van der Waals surface area contributed by atoms with Crippen LogP contribution in [0.3, 0.4) is 0 Å². The molecular formula is C24H23N3O4. The maximum Gasteiger partial charge on any atom is 0.340 e. The first kappa shape index (κ1) is 20.5. The number of nitrogens with one attached hydrogen (secondary N) is 1. The molecule has 1 aliphatic heterocycles. The second-order valence-corrected chi connectivity index (χ2v) is 7.88. The molecule has 7 nitrogen and oxygen atoms in total. The third-order valence-electron chi connectivity index (χ3n) is 5.83. The number of carbonyl (C=O) groups excluding carboxylic acids is 3. The summed E-state index contributed by atoms with van der Waals surface area (Å²) in [5.74, 6) is -0.955. The van der Waals surface area contributed by atoms with Gasteiger partial charge in [0.25, 0.3) is 5.91 Å². The molecule has 7 heteroatoms. The van der Waals surface area contributed by atoms with Gasteiger partial charge in [0.15, 0.2) is 0 Å².